The normalized spacial score (nSPS) is 23.4. The molecule has 144 valence electrons. The van der Waals surface area contributed by atoms with Crippen LogP contribution in [0.1, 0.15) is 33.6 Å². The summed E-state index contributed by atoms with van der Waals surface area (Å²) in [5.41, 5.74) is 5.14. The summed E-state index contributed by atoms with van der Waals surface area (Å²) in [4.78, 5) is 16.6. The second-order valence-electron chi connectivity index (χ2n) is 6.59. The van der Waals surface area contributed by atoms with Crippen molar-refractivity contribution in [1.82, 2.24) is 10.3 Å². The van der Waals surface area contributed by atoms with Gasteiger partial charge in [-0.1, -0.05) is 19.9 Å². The third kappa shape index (κ3) is 5.20. The van der Waals surface area contributed by atoms with Gasteiger partial charge in [0, 0.05) is 37.7 Å². The van der Waals surface area contributed by atoms with E-state index >= 15 is 0 Å². The molecule has 2 unspecified atom stereocenters. The van der Waals surface area contributed by atoms with Gasteiger partial charge in [0.25, 0.3) is 0 Å². The van der Waals surface area contributed by atoms with Crippen LogP contribution in [0, 0.1) is 5.41 Å². The first-order valence-electron chi connectivity index (χ1n) is 8.25. The fraction of sp³-hybridized carbons (Fsp3) is 0.647. The number of ether oxygens (including phenoxy) is 1. The van der Waals surface area contributed by atoms with E-state index in [1.54, 1.807) is 6.20 Å². The van der Waals surface area contributed by atoms with Crippen molar-refractivity contribution in [3.05, 3.63) is 24.4 Å². The maximum Gasteiger partial charge on any atom is 0.240 e. The molecule has 4 N–H and O–H groups in total. The maximum atomic E-state index is 12.4. The molecule has 0 bridgehead atoms. The Bertz CT molecular complexity index is 531. The molecule has 1 aromatic rings. The van der Waals surface area contributed by atoms with Crippen molar-refractivity contribution in [3.8, 4) is 0 Å². The minimum Gasteiger partial charge on any atom is -0.378 e. The number of nitrogens with two attached hydrogens (primary N) is 1. The molecule has 1 heterocycles. The number of carbonyl (C=O) groups excluding carboxylic acids is 1. The third-order valence-corrected chi connectivity index (χ3v) is 4.85. The number of pyridine rings is 1. The van der Waals surface area contributed by atoms with Gasteiger partial charge < -0.3 is 21.1 Å². The van der Waals surface area contributed by atoms with Crippen molar-refractivity contribution in [3.63, 3.8) is 0 Å². The zero-order valence-corrected chi connectivity index (χ0v) is 16.7. The van der Waals surface area contributed by atoms with Gasteiger partial charge in [-0.25, -0.2) is 4.98 Å². The molecule has 0 saturated heterocycles. The highest BCUT2D eigenvalue weighted by Gasteiger charge is 2.62. The van der Waals surface area contributed by atoms with Crippen molar-refractivity contribution in [2.75, 3.05) is 25.0 Å². The summed E-state index contributed by atoms with van der Waals surface area (Å²) in [5.74, 6) is 0.755. The molecular weight excluding hydrogens is 363 g/mol. The maximum absolute atomic E-state index is 12.4. The van der Waals surface area contributed by atoms with Crippen LogP contribution >= 0.6 is 24.8 Å². The number of rotatable bonds is 8. The van der Waals surface area contributed by atoms with Crippen molar-refractivity contribution >= 4 is 36.5 Å². The van der Waals surface area contributed by atoms with Crippen LogP contribution in [-0.4, -0.2) is 42.2 Å². The Labute approximate surface area is 162 Å². The summed E-state index contributed by atoms with van der Waals surface area (Å²) < 4.78 is 5.65. The first-order chi connectivity index (χ1) is 10.9. The molecule has 1 amide bonds. The van der Waals surface area contributed by atoms with Gasteiger partial charge in [-0.3, -0.25) is 4.79 Å². The smallest absolute Gasteiger partial charge is 0.240 e. The molecule has 1 aliphatic rings. The van der Waals surface area contributed by atoms with Crippen LogP contribution in [0.4, 0.5) is 5.82 Å². The summed E-state index contributed by atoms with van der Waals surface area (Å²) in [6, 6.07) is 5.73. The Kier molecular flexibility index (Phi) is 9.72. The number of nitrogens with zero attached hydrogens (tertiary/aromatic N) is 1. The van der Waals surface area contributed by atoms with Gasteiger partial charge in [0.15, 0.2) is 0 Å². The molecule has 1 aliphatic carbocycles. The fourth-order valence-electron chi connectivity index (χ4n) is 2.95. The molecule has 0 spiro atoms. The molecule has 0 aliphatic heterocycles. The number of hydrogen-bond acceptors (Lipinski definition) is 5. The number of hydrogen-bond donors (Lipinski definition) is 3. The van der Waals surface area contributed by atoms with Gasteiger partial charge in [-0.15, -0.1) is 24.8 Å². The van der Waals surface area contributed by atoms with Crippen molar-refractivity contribution in [2.45, 2.75) is 45.3 Å². The highest BCUT2D eigenvalue weighted by molar-refractivity contribution is 5.88. The van der Waals surface area contributed by atoms with Gasteiger partial charge in [-0.05, 0) is 25.5 Å². The van der Waals surface area contributed by atoms with Gasteiger partial charge in [0.05, 0.1) is 6.10 Å². The van der Waals surface area contributed by atoms with Gasteiger partial charge >= 0.3 is 0 Å². The van der Waals surface area contributed by atoms with Gasteiger partial charge in [0.2, 0.25) is 5.91 Å². The van der Waals surface area contributed by atoms with E-state index in [-0.39, 0.29) is 42.2 Å². The van der Waals surface area contributed by atoms with E-state index in [4.69, 9.17) is 10.5 Å². The van der Waals surface area contributed by atoms with Crippen LogP contribution in [0.25, 0.3) is 0 Å². The predicted molar refractivity (Wildman–Crippen MR) is 106 cm³/mol. The molecule has 0 aromatic carbocycles. The lowest BCUT2D eigenvalue weighted by molar-refractivity contribution is -0.170. The summed E-state index contributed by atoms with van der Waals surface area (Å²) in [6.07, 6.45) is 3.18. The first kappa shape index (κ1) is 23.9. The third-order valence-electron chi connectivity index (χ3n) is 4.85. The Morgan fingerprint density at radius 2 is 2.08 bits per heavy atom. The number of carbonyl (C=O) groups is 1. The molecule has 1 fully saturated rings. The minimum atomic E-state index is -0.846. The standard InChI is InChI=1S/C17H28N4O2.2ClH/c1-4-23-13-12-17(18,16(13,2)3)15(22)21-11-7-10-20-14-8-5-6-9-19-14;;/h5-6,8-9,13H,4,7,10-12,18H2,1-3H3,(H,19,20)(H,21,22);2*1H. The lowest BCUT2D eigenvalue weighted by Crippen LogP contribution is -2.75. The van der Waals surface area contributed by atoms with E-state index in [0.29, 0.717) is 19.6 Å². The molecular formula is C17H30Cl2N4O2. The molecule has 0 radical (unpaired) electrons. The van der Waals surface area contributed by atoms with Gasteiger partial charge in [0.1, 0.15) is 11.4 Å². The van der Waals surface area contributed by atoms with Crippen LogP contribution in [0.3, 0.4) is 0 Å². The first-order valence-corrected chi connectivity index (χ1v) is 8.25. The highest BCUT2D eigenvalue weighted by Crippen LogP contribution is 2.49. The van der Waals surface area contributed by atoms with E-state index < -0.39 is 5.54 Å². The van der Waals surface area contributed by atoms with E-state index in [9.17, 15) is 4.79 Å². The Hall–Kier alpha value is -1.08. The van der Waals surface area contributed by atoms with Crippen LogP contribution in [0.15, 0.2) is 24.4 Å². The SMILES string of the molecule is CCOC1CC(N)(C(=O)NCCCNc2ccccn2)C1(C)C.Cl.Cl. The van der Waals surface area contributed by atoms with E-state index in [1.165, 1.54) is 0 Å². The Balaban J connectivity index is 0.00000288. The fourth-order valence-corrected chi connectivity index (χ4v) is 2.95. The number of halogens is 2. The van der Waals surface area contributed by atoms with Gasteiger partial charge in [-0.2, -0.15) is 0 Å². The number of anilines is 1. The highest BCUT2D eigenvalue weighted by atomic mass is 35.5. The summed E-state index contributed by atoms with van der Waals surface area (Å²) >= 11 is 0. The minimum absolute atomic E-state index is 0. The van der Waals surface area contributed by atoms with Crippen molar-refractivity contribution in [1.29, 1.82) is 0 Å². The molecule has 1 aromatic heterocycles. The lowest BCUT2D eigenvalue weighted by Gasteiger charge is -2.57. The number of amides is 1. The number of aromatic nitrogens is 1. The summed E-state index contributed by atoms with van der Waals surface area (Å²) in [7, 11) is 0. The van der Waals surface area contributed by atoms with Crippen molar-refractivity contribution < 1.29 is 9.53 Å². The largest absolute Gasteiger partial charge is 0.378 e. The quantitative estimate of drug-likeness (QED) is 0.590. The average molecular weight is 393 g/mol. The van der Waals surface area contributed by atoms with E-state index in [2.05, 4.69) is 15.6 Å². The Morgan fingerprint density at radius 3 is 2.64 bits per heavy atom. The molecule has 2 rings (SSSR count). The molecule has 2 atom stereocenters. The molecule has 1 saturated carbocycles. The zero-order chi connectivity index (χ0) is 16.9. The molecule has 6 nitrogen and oxygen atoms in total. The zero-order valence-electron chi connectivity index (χ0n) is 15.1. The van der Waals surface area contributed by atoms with Crippen LogP contribution in [0.2, 0.25) is 0 Å². The molecule has 25 heavy (non-hydrogen) atoms. The number of nitrogens with one attached hydrogen (secondary N) is 2. The summed E-state index contributed by atoms with van der Waals surface area (Å²) in [5, 5.41) is 6.16. The monoisotopic (exact) mass is 392 g/mol. The lowest BCUT2D eigenvalue weighted by atomic mass is 9.54. The van der Waals surface area contributed by atoms with Crippen molar-refractivity contribution in [2.24, 2.45) is 11.1 Å². The Morgan fingerprint density at radius 1 is 1.36 bits per heavy atom. The average Bonchev–Trinajstić information content (AvgIpc) is 2.55. The summed E-state index contributed by atoms with van der Waals surface area (Å²) in [6.45, 7) is 7.94. The topological polar surface area (TPSA) is 89.3 Å². The second kappa shape index (κ2) is 10.2. The van der Waals surface area contributed by atoms with Crippen LogP contribution < -0.4 is 16.4 Å². The predicted octanol–water partition coefficient (Wildman–Crippen LogP) is 2.38. The van der Waals surface area contributed by atoms with E-state index in [1.807, 2.05) is 39.0 Å². The van der Waals surface area contributed by atoms with Crippen LogP contribution in [0.5, 0.6) is 0 Å². The second-order valence-corrected chi connectivity index (χ2v) is 6.59. The van der Waals surface area contributed by atoms with Crippen LogP contribution in [-0.2, 0) is 9.53 Å². The molecule has 8 heteroatoms. The van der Waals surface area contributed by atoms with E-state index in [0.717, 1.165) is 18.8 Å².